The third kappa shape index (κ3) is 4.75. The number of carbonyl (C=O) groups is 2. The zero-order chi connectivity index (χ0) is 21.3. The van der Waals surface area contributed by atoms with Crippen LogP contribution in [0.4, 0.5) is 14.5 Å². The quantitative estimate of drug-likeness (QED) is 0.675. The first-order valence-corrected chi connectivity index (χ1v) is 9.71. The molecule has 2 N–H and O–H groups in total. The van der Waals surface area contributed by atoms with Crippen LogP contribution in [-0.2, 0) is 18.4 Å². The Hall–Kier alpha value is -2.49. The van der Waals surface area contributed by atoms with Crippen LogP contribution in [0.1, 0.15) is 60.9 Å². The van der Waals surface area contributed by atoms with Gasteiger partial charge in [-0.15, -0.1) is 0 Å². The predicted molar refractivity (Wildman–Crippen MR) is 103 cm³/mol. The number of amides is 2. The van der Waals surface area contributed by atoms with Gasteiger partial charge in [0.15, 0.2) is 0 Å². The van der Waals surface area contributed by atoms with Gasteiger partial charge in [-0.25, -0.2) is 8.78 Å². The van der Waals surface area contributed by atoms with Crippen LogP contribution >= 0.6 is 11.6 Å². The van der Waals surface area contributed by atoms with Crippen molar-refractivity contribution < 1.29 is 18.4 Å². The topological polar surface area (TPSA) is 93.8 Å². The van der Waals surface area contributed by atoms with Gasteiger partial charge in [0, 0.05) is 19.5 Å². The molecule has 0 unspecified atom stereocenters. The number of aryl methyl sites for hydroxylation is 1. The molecular weight excluding hydrogens is 406 g/mol. The molecule has 1 fully saturated rings. The van der Waals surface area contributed by atoms with E-state index in [2.05, 4.69) is 20.8 Å². The maximum atomic E-state index is 13.1. The molecule has 8 nitrogen and oxygen atoms in total. The molecule has 1 aliphatic carbocycles. The highest BCUT2D eigenvalue weighted by Gasteiger charge is 2.34. The zero-order valence-electron chi connectivity index (χ0n) is 16.4. The second kappa shape index (κ2) is 8.48. The SMILES string of the molecule is CC(C)CNC(=O)c1c(NC(=O)Cn2nc(C(F)F)c(Cl)c2C2CC2)cnn1C. The van der Waals surface area contributed by atoms with E-state index in [0.717, 1.165) is 12.8 Å². The van der Waals surface area contributed by atoms with Gasteiger partial charge in [-0.05, 0) is 18.8 Å². The smallest absolute Gasteiger partial charge is 0.283 e. The Morgan fingerprint density at radius 3 is 2.62 bits per heavy atom. The van der Waals surface area contributed by atoms with Gasteiger partial charge in [0.25, 0.3) is 12.3 Å². The van der Waals surface area contributed by atoms with Crippen molar-refractivity contribution in [1.29, 1.82) is 0 Å². The van der Waals surface area contributed by atoms with E-state index >= 15 is 0 Å². The molecule has 2 amide bonds. The van der Waals surface area contributed by atoms with Gasteiger partial charge in [-0.2, -0.15) is 10.2 Å². The minimum atomic E-state index is -2.82. The molecule has 0 bridgehead atoms. The zero-order valence-corrected chi connectivity index (χ0v) is 17.1. The van der Waals surface area contributed by atoms with Gasteiger partial charge < -0.3 is 10.6 Å². The molecule has 0 spiro atoms. The summed E-state index contributed by atoms with van der Waals surface area (Å²) in [5.74, 6) is -0.585. The fourth-order valence-electron chi connectivity index (χ4n) is 2.98. The highest BCUT2D eigenvalue weighted by atomic mass is 35.5. The maximum absolute atomic E-state index is 13.1. The van der Waals surface area contributed by atoms with Crippen molar-refractivity contribution in [1.82, 2.24) is 24.9 Å². The number of halogens is 3. The van der Waals surface area contributed by atoms with E-state index in [9.17, 15) is 18.4 Å². The van der Waals surface area contributed by atoms with Gasteiger partial charge in [0.2, 0.25) is 5.91 Å². The summed E-state index contributed by atoms with van der Waals surface area (Å²) in [6, 6.07) is 0. The Morgan fingerprint density at radius 2 is 2.03 bits per heavy atom. The van der Waals surface area contributed by atoms with Crippen LogP contribution in [0.2, 0.25) is 5.02 Å². The lowest BCUT2D eigenvalue weighted by Crippen LogP contribution is -2.30. The molecule has 0 saturated heterocycles. The monoisotopic (exact) mass is 428 g/mol. The molecule has 2 aromatic heterocycles. The molecule has 158 valence electrons. The summed E-state index contributed by atoms with van der Waals surface area (Å²) in [6.45, 7) is 4.11. The van der Waals surface area contributed by atoms with E-state index in [4.69, 9.17) is 11.6 Å². The highest BCUT2D eigenvalue weighted by molar-refractivity contribution is 6.32. The maximum Gasteiger partial charge on any atom is 0.283 e. The molecule has 3 rings (SSSR count). The number of rotatable bonds is 8. The number of anilines is 1. The van der Waals surface area contributed by atoms with Gasteiger partial charge in [-0.1, -0.05) is 25.4 Å². The number of alkyl halides is 2. The molecule has 0 aromatic carbocycles. The minimum Gasteiger partial charge on any atom is -0.350 e. The Morgan fingerprint density at radius 1 is 1.34 bits per heavy atom. The number of aromatic nitrogens is 4. The number of carbonyl (C=O) groups excluding carboxylic acids is 2. The summed E-state index contributed by atoms with van der Waals surface area (Å²) in [4.78, 5) is 25.0. The number of nitrogens with one attached hydrogen (secondary N) is 2. The normalized spacial score (nSPS) is 13.9. The second-order valence-corrected chi connectivity index (χ2v) is 7.88. The lowest BCUT2D eigenvalue weighted by atomic mass is 10.2. The molecule has 1 saturated carbocycles. The van der Waals surface area contributed by atoms with Crippen molar-refractivity contribution in [2.45, 2.75) is 45.6 Å². The van der Waals surface area contributed by atoms with Gasteiger partial charge in [0.1, 0.15) is 17.9 Å². The van der Waals surface area contributed by atoms with Crippen molar-refractivity contribution >= 4 is 29.1 Å². The lowest BCUT2D eigenvalue weighted by molar-refractivity contribution is -0.117. The van der Waals surface area contributed by atoms with E-state index in [1.54, 1.807) is 7.05 Å². The van der Waals surface area contributed by atoms with Gasteiger partial charge >= 0.3 is 0 Å². The summed E-state index contributed by atoms with van der Waals surface area (Å²) < 4.78 is 28.9. The first-order chi connectivity index (χ1) is 13.7. The van der Waals surface area contributed by atoms with Crippen molar-refractivity contribution in [2.24, 2.45) is 13.0 Å². The average molecular weight is 429 g/mol. The van der Waals surface area contributed by atoms with E-state index in [0.29, 0.717) is 12.2 Å². The lowest BCUT2D eigenvalue weighted by Gasteiger charge is -2.11. The molecule has 2 heterocycles. The summed E-state index contributed by atoms with van der Waals surface area (Å²) in [5.41, 5.74) is 0.377. The fourth-order valence-corrected chi connectivity index (χ4v) is 3.36. The van der Waals surface area contributed by atoms with Crippen molar-refractivity contribution in [2.75, 3.05) is 11.9 Å². The summed E-state index contributed by atoms with van der Waals surface area (Å²) in [5, 5.41) is 13.2. The Kier molecular flexibility index (Phi) is 6.21. The van der Waals surface area contributed by atoms with Gasteiger partial charge in [-0.3, -0.25) is 19.0 Å². The van der Waals surface area contributed by atoms with Crippen molar-refractivity contribution in [3.63, 3.8) is 0 Å². The third-order valence-electron chi connectivity index (χ3n) is 4.52. The van der Waals surface area contributed by atoms with Crippen LogP contribution in [0.3, 0.4) is 0 Å². The van der Waals surface area contributed by atoms with Crippen LogP contribution < -0.4 is 10.6 Å². The number of hydrogen-bond donors (Lipinski definition) is 2. The molecule has 0 radical (unpaired) electrons. The number of hydrogen-bond acceptors (Lipinski definition) is 4. The summed E-state index contributed by atoms with van der Waals surface area (Å²) in [7, 11) is 1.59. The first kappa shape index (κ1) is 21.2. The average Bonchev–Trinajstić information content (AvgIpc) is 3.32. The molecule has 1 aliphatic rings. The van der Waals surface area contributed by atoms with Crippen LogP contribution in [0.15, 0.2) is 6.20 Å². The first-order valence-electron chi connectivity index (χ1n) is 9.33. The van der Waals surface area contributed by atoms with E-state index in [1.807, 2.05) is 13.8 Å². The van der Waals surface area contributed by atoms with Crippen molar-refractivity contribution in [3.05, 3.63) is 28.3 Å². The van der Waals surface area contributed by atoms with E-state index in [1.165, 1.54) is 15.6 Å². The molecule has 0 aliphatic heterocycles. The van der Waals surface area contributed by atoms with Crippen LogP contribution in [0.5, 0.6) is 0 Å². The van der Waals surface area contributed by atoms with Crippen LogP contribution in [0.25, 0.3) is 0 Å². The largest absolute Gasteiger partial charge is 0.350 e. The molecule has 0 atom stereocenters. The Labute approximate surface area is 171 Å². The fraction of sp³-hybridized carbons (Fsp3) is 0.556. The Balaban J connectivity index is 1.76. The van der Waals surface area contributed by atoms with Gasteiger partial charge in [0.05, 0.1) is 22.6 Å². The number of nitrogens with zero attached hydrogens (tertiary/aromatic N) is 4. The third-order valence-corrected chi connectivity index (χ3v) is 4.91. The van der Waals surface area contributed by atoms with Crippen LogP contribution in [-0.4, -0.2) is 37.9 Å². The predicted octanol–water partition coefficient (Wildman–Crippen LogP) is 3.11. The Bertz CT molecular complexity index is 920. The van der Waals surface area contributed by atoms with Crippen LogP contribution in [0, 0.1) is 5.92 Å². The van der Waals surface area contributed by atoms with Crippen molar-refractivity contribution in [3.8, 4) is 0 Å². The summed E-state index contributed by atoms with van der Waals surface area (Å²) >= 11 is 6.07. The highest BCUT2D eigenvalue weighted by Crippen LogP contribution is 2.45. The van der Waals surface area contributed by atoms with E-state index in [-0.39, 0.29) is 40.7 Å². The standard InChI is InChI=1S/C18H23ClF2N6O2/c1-9(2)6-22-18(29)16-11(7-23-26(16)3)24-12(28)8-27-15(10-4-5-10)13(19)14(25-27)17(20)21/h7,9-10,17H,4-6,8H2,1-3H3,(H,22,29)(H,24,28). The second-order valence-electron chi connectivity index (χ2n) is 7.50. The van der Waals surface area contributed by atoms with E-state index < -0.39 is 18.0 Å². The summed E-state index contributed by atoms with van der Waals surface area (Å²) in [6.07, 6.45) is 0.181. The molecular formula is C18H23ClF2N6O2. The minimum absolute atomic E-state index is 0.0334. The molecule has 2 aromatic rings. The molecule has 11 heteroatoms. The molecule has 29 heavy (non-hydrogen) atoms.